The van der Waals surface area contributed by atoms with Gasteiger partial charge in [0.1, 0.15) is 0 Å². The third kappa shape index (κ3) is 9.78. The Bertz CT molecular complexity index is 460. The Labute approximate surface area is 168 Å². The van der Waals surface area contributed by atoms with Gasteiger partial charge in [-0.15, -0.1) is 35.3 Å². The van der Waals surface area contributed by atoms with E-state index in [2.05, 4.69) is 53.2 Å². The van der Waals surface area contributed by atoms with Gasteiger partial charge in [-0.3, -0.25) is 4.99 Å². The number of thiazole rings is 1. The van der Waals surface area contributed by atoms with E-state index in [1.54, 1.807) is 11.3 Å². The van der Waals surface area contributed by atoms with E-state index in [-0.39, 0.29) is 24.0 Å². The van der Waals surface area contributed by atoms with E-state index < -0.39 is 0 Å². The van der Waals surface area contributed by atoms with Crippen molar-refractivity contribution in [3.05, 3.63) is 16.1 Å². The van der Waals surface area contributed by atoms with Gasteiger partial charge in [0, 0.05) is 37.1 Å². The van der Waals surface area contributed by atoms with Gasteiger partial charge in [0.25, 0.3) is 0 Å². The first-order valence-corrected chi connectivity index (χ1v) is 9.51. The van der Waals surface area contributed by atoms with E-state index in [9.17, 15) is 0 Å². The van der Waals surface area contributed by atoms with Crippen molar-refractivity contribution in [2.45, 2.75) is 53.0 Å². The smallest absolute Gasteiger partial charge is 0.191 e. The third-order valence-electron chi connectivity index (χ3n) is 3.91. The fourth-order valence-corrected chi connectivity index (χ4v) is 3.25. The van der Waals surface area contributed by atoms with Crippen molar-refractivity contribution in [2.75, 3.05) is 33.2 Å². The molecule has 0 aromatic carbocycles. The summed E-state index contributed by atoms with van der Waals surface area (Å²) in [5.41, 5.74) is 0. The molecule has 1 atom stereocenters. The molecule has 2 N–H and O–H groups in total. The zero-order valence-electron chi connectivity index (χ0n) is 15.8. The van der Waals surface area contributed by atoms with Crippen molar-refractivity contribution < 1.29 is 0 Å². The van der Waals surface area contributed by atoms with Gasteiger partial charge in [0.05, 0.1) is 5.01 Å². The number of rotatable bonds is 10. The summed E-state index contributed by atoms with van der Waals surface area (Å²) >= 11 is 1.76. The monoisotopic (exact) mass is 467 g/mol. The summed E-state index contributed by atoms with van der Waals surface area (Å²) in [5, 5.41) is 8.02. The van der Waals surface area contributed by atoms with Crippen LogP contribution < -0.4 is 10.6 Å². The minimum absolute atomic E-state index is 0. The quantitative estimate of drug-likeness (QED) is 0.315. The summed E-state index contributed by atoms with van der Waals surface area (Å²) in [7, 11) is 1.82. The average molecular weight is 467 g/mol. The van der Waals surface area contributed by atoms with Crippen LogP contribution in [0.4, 0.5) is 0 Å². The summed E-state index contributed by atoms with van der Waals surface area (Å²) in [4.78, 5) is 12.4. The molecule has 0 saturated heterocycles. The highest BCUT2D eigenvalue weighted by Gasteiger charge is 2.07. The lowest BCUT2D eigenvalue weighted by Crippen LogP contribution is -2.43. The molecule has 0 radical (unpaired) electrons. The van der Waals surface area contributed by atoms with Crippen LogP contribution in [0.1, 0.15) is 43.5 Å². The van der Waals surface area contributed by atoms with Crippen LogP contribution in [-0.2, 0) is 6.42 Å². The summed E-state index contributed by atoms with van der Waals surface area (Å²) < 4.78 is 0. The van der Waals surface area contributed by atoms with Crippen molar-refractivity contribution in [1.29, 1.82) is 0 Å². The minimum Gasteiger partial charge on any atom is -0.356 e. The first kappa shape index (κ1) is 23.6. The number of aliphatic imine (C=N–C) groups is 1. The number of nitrogens with one attached hydrogen (secondary N) is 2. The lowest BCUT2D eigenvalue weighted by Gasteiger charge is -2.21. The Kier molecular flexibility index (Phi) is 13.6. The number of halogens is 1. The molecule has 1 rings (SSSR count). The van der Waals surface area contributed by atoms with Crippen molar-refractivity contribution in [1.82, 2.24) is 20.5 Å². The average Bonchev–Trinajstić information content (AvgIpc) is 2.96. The predicted octanol–water partition coefficient (Wildman–Crippen LogP) is 3.29. The summed E-state index contributed by atoms with van der Waals surface area (Å²) in [6.07, 6.45) is 5.24. The molecule has 0 amide bonds. The Balaban J connectivity index is 0.00000529. The number of aromatic nitrogens is 1. The Hall–Kier alpha value is -0.410. The first-order chi connectivity index (χ1) is 11.1. The summed E-state index contributed by atoms with van der Waals surface area (Å²) in [5.74, 6) is 0.883. The van der Waals surface area contributed by atoms with Gasteiger partial charge in [-0.2, -0.15) is 0 Å². The molecule has 0 bridgehead atoms. The van der Waals surface area contributed by atoms with Crippen LogP contribution in [0, 0.1) is 6.92 Å². The SMILES string of the molecule is CCN(CC)CCCC(C)NC(=NC)NCCc1ncc(C)s1.I. The lowest BCUT2D eigenvalue weighted by atomic mass is 10.2. The van der Waals surface area contributed by atoms with Gasteiger partial charge in [0.2, 0.25) is 0 Å². The number of nitrogens with zero attached hydrogens (tertiary/aromatic N) is 3. The molecule has 0 spiro atoms. The van der Waals surface area contributed by atoms with Crippen LogP contribution in [0.2, 0.25) is 0 Å². The molecule has 24 heavy (non-hydrogen) atoms. The maximum Gasteiger partial charge on any atom is 0.191 e. The maximum atomic E-state index is 4.39. The van der Waals surface area contributed by atoms with Crippen LogP contribution in [-0.4, -0.2) is 55.1 Å². The zero-order chi connectivity index (χ0) is 17.1. The summed E-state index contributed by atoms with van der Waals surface area (Å²) in [6, 6.07) is 0.430. The van der Waals surface area contributed by atoms with Gasteiger partial charge in [0.15, 0.2) is 5.96 Å². The van der Waals surface area contributed by atoms with Crippen molar-refractivity contribution in [3.63, 3.8) is 0 Å². The highest BCUT2D eigenvalue weighted by Crippen LogP contribution is 2.10. The molecule has 0 saturated carbocycles. The highest BCUT2D eigenvalue weighted by molar-refractivity contribution is 14.0. The molecular weight excluding hydrogens is 433 g/mol. The van der Waals surface area contributed by atoms with E-state index in [0.29, 0.717) is 6.04 Å². The first-order valence-electron chi connectivity index (χ1n) is 8.69. The molecule has 0 aliphatic rings. The molecule has 1 unspecified atom stereocenters. The predicted molar refractivity (Wildman–Crippen MR) is 117 cm³/mol. The fraction of sp³-hybridized carbons (Fsp3) is 0.765. The molecule has 140 valence electrons. The molecule has 5 nitrogen and oxygen atoms in total. The molecule has 1 aromatic heterocycles. The van der Waals surface area contributed by atoms with Crippen LogP contribution in [0.5, 0.6) is 0 Å². The second-order valence-corrected chi connectivity index (χ2v) is 7.15. The number of guanidine groups is 1. The second-order valence-electron chi connectivity index (χ2n) is 5.83. The van der Waals surface area contributed by atoms with E-state index in [1.165, 1.54) is 22.9 Å². The second kappa shape index (κ2) is 13.8. The van der Waals surface area contributed by atoms with Crippen molar-refractivity contribution in [3.8, 4) is 0 Å². The van der Waals surface area contributed by atoms with Crippen LogP contribution in [0.25, 0.3) is 0 Å². The zero-order valence-corrected chi connectivity index (χ0v) is 18.9. The van der Waals surface area contributed by atoms with Gasteiger partial charge in [-0.25, -0.2) is 4.98 Å². The molecular formula is C17H34IN5S. The molecule has 1 aromatic rings. The van der Waals surface area contributed by atoms with Crippen LogP contribution in [0.3, 0.4) is 0 Å². The van der Waals surface area contributed by atoms with Crippen molar-refractivity contribution in [2.24, 2.45) is 4.99 Å². The van der Waals surface area contributed by atoms with Crippen molar-refractivity contribution >= 4 is 41.3 Å². The van der Waals surface area contributed by atoms with Gasteiger partial charge in [-0.05, 0) is 46.3 Å². The maximum absolute atomic E-state index is 4.39. The Morgan fingerprint density at radius 2 is 2.08 bits per heavy atom. The third-order valence-corrected chi connectivity index (χ3v) is 4.89. The van der Waals surface area contributed by atoms with E-state index in [1.807, 2.05) is 13.2 Å². The molecule has 0 aliphatic heterocycles. The lowest BCUT2D eigenvalue weighted by molar-refractivity contribution is 0.292. The van der Waals surface area contributed by atoms with E-state index in [4.69, 9.17) is 0 Å². The molecule has 7 heteroatoms. The van der Waals surface area contributed by atoms with Crippen LogP contribution in [0.15, 0.2) is 11.2 Å². The van der Waals surface area contributed by atoms with Gasteiger partial charge in [-0.1, -0.05) is 13.8 Å². The number of hydrogen-bond donors (Lipinski definition) is 2. The molecule has 1 heterocycles. The Morgan fingerprint density at radius 3 is 2.62 bits per heavy atom. The summed E-state index contributed by atoms with van der Waals surface area (Å²) in [6.45, 7) is 13.1. The fourth-order valence-electron chi connectivity index (χ4n) is 2.47. The highest BCUT2D eigenvalue weighted by atomic mass is 127. The molecule has 0 fully saturated rings. The van der Waals surface area contributed by atoms with Gasteiger partial charge >= 0.3 is 0 Å². The topological polar surface area (TPSA) is 52.5 Å². The number of hydrogen-bond acceptors (Lipinski definition) is 4. The largest absolute Gasteiger partial charge is 0.356 e. The normalized spacial score (nSPS) is 12.8. The van der Waals surface area contributed by atoms with Crippen LogP contribution >= 0.6 is 35.3 Å². The Morgan fingerprint density at radius 1 is 1.38 bits per heavy atom. The minimum atomic E-state index is 0. The standard InChI is InChI=1S/C17H33N5S.HI/c1-6-22(7-2)12-8-9-14(3)21-17(18-5)19-11-10-16-20-13-15(4)23-16;/h13-14H,6-12H2,1-5H3,(H2,18,19,21);1H. The van der Waals surface area contributed by atoms with E-state index in [0.717, 1.165) is 38.4 Å². The van der Waals surface area contributed by atoms with Gasteiger partial charge < -0.3 is 15.5 Å². The molecule has 0 aliphatic carbocycles. The van der Waals surface area contributed by atoms with E-state index >= 15 is 0 Å². The number of aryl methyl sites for hydroxylation is 1.